The molecule has 2 rings (SSSR count). The van der Waals surface area contributed by atoms with Crippen molar-refractivity contribution in [1.29, 1.82) is 0 Å². The lowest BCUT2D eigenvalue weighted by molar-refractivity contribution is 0.470. The molecule has 7 heteroatoms. The molecule has 2 aromatic rings. The number of aryl methyl sites for hydroxylation is 2. The summed E-state index contributed by atoms with van der Waals surface area (Å²) in [7, 11) is 1.87. The van der Waals surface area contributed by atoms with Crippen molar-refractivity contribution in [2.24, 2.45) is 7.05 Å². The molecule has 0 N–H and O–H groups in total. The quantitative estimate of drug-likeness (QED) is 0.810. The van der Waals surface area contributed by atoms with Gasteiger partial charge in [0.05, 0.1) is 16.5 Å². The zero-order chi connectivity index (χ0) is 12.6. The summed E-state index contributed by atoms with van der Waals surface area (Å²) < 4.78 is 7.47. The summed E-state index contributed by atoms with van der Waals surface area (Å²) in [6.07, 6.45) is 0. The molecule has 0 fully saturated rings. The maximum Gasteiger partial charge on any atom is 0.280 e. The molecular formula is C10H11Cl2N3OS. The number of ether oxygens (including phenoxy) is 1. The van der Waals surface area contributed by atoms with E-state index in [0.29, 0.717) is 16.2 Å². The van der Waals surface area contributed by atoms with Gasteiger partial charge in [0.25, 0.3) is 5.19 Å². The van der Waals surface area contributed by atoms with Gasteiger partial charge in [-0.1, -0.05) is 22.9 Å². The van der Waals surface area contributed by atoms with Gasteiger partial charge in [0.1, 0.15) is 10.8 Å². The number of aromatic nitrogens is 3. The summed E-state index contributed by atoms with van der Waals surface area (Å²) in [5.41, 5.74) is 1.77. The van der Waals surface area contributed by atoms with Gasteiger partial charge in [-0.2, -0.15) is 10.1 Å². The minimum absolute atomic E-state index is 0.338. The largest absolute Gasteiger partial charge is 0.427 e. The Labute approximate surface area is 113 Å². The molecule has 2 aromatic heterocycles. The number of hydrogen-bond acceptors (Lipinski definition) is 4. The second-order valence-corrected chi connectivity index (χ2v) is 5.22. The Bertz CT molecular complexity index is 550. The molecule has 0 aromatic carbocycles. The third-order valence-corrected chi connectivity index (χ3v) is 4.17. The Morgan fingerprint density at radius 1 is 1.41 bits per heavy atom. The van der Waals surface area contributed by atoms with Crippen LogP contribution in [0.25, 0.3) is 0 Å². The molecule has 0 radical (unpaired) electrons. The van der Waals surface area contributed by atoms with Crippen LogP contribution in [0.2, 0.25) is 5.15 Å². The predicted octanol–water partition coefficient (Wildman–Crippen LogP) is 3.68. The van der Waals surface area contributed by atoms with Crippen LogP contribution < -0.4 is 4.74 Å². The SMILES string of the molecule is Cc1nn(C)c(C)c1Oc1nc(Cl)c(CCl)s1. The van der Waals surface area contributed by atoms with Crippen molar-refractivity contribution in [3.05, 3.63) is 21.4 Å². The normalized spacial score (nSPS) is 10.9. The van der Waals surface area contributed by atoms with E-state index in [1.807, 2.05) is 20.9 Å². The summed E-state index contributed by atoms with van der Waals surface area (Å²) >= 11 is 13.0. The lowest BCUT2D eigenvalue weighted by Gasteiger charge is -2.00. The van der Waals surface area contributed by atoms with E-state index in [1.165, 1.54) is 11.3 Å². The van der Waals surface area contributed by atoms with Crippen LogP contribution in [0.15, 0.2) is 0 Å². The van der Waals surface area contributed by atoms with E-state index in [9.17, 15) is 0 Å². The Hall–Kier alpha value is -0.780. The Morgan fingerprint density at radius 2 is 2.12 bits per heavy atom. The first-order valence-electron chi connectivity index (χ1n) is 4.92. The number of thiazole rings is 1. The molecule has 0 aliphatic heterocycles. The minimum Gasteiger partial charge on any atom is -0.427 e. The summed E-state index contributed by atoms with van der Waals surface area (Å²) in [5.74, 6) is 1.06. The lowest BCUT2D eigenvalue weighted by atomic mass is 10.3. The maximum absolute atomic E-state index is 5.91. The van der Waals surface area contributed by atoms with Gasteiger partial charge < -0.3 is 4.74 Å². The maximum atomic E-state index is 5.91. The predicted molar refractivity (Wildman–Crippen MR) is 69.4 cm³/mol. The number of nitrogens with zero attached hydrogens (tertiary/aromatic N) is 3. The molecule has 0 spiro atoms. The molecule has 0 bridgehead atoms. The van der Waals surface area contributed by atoms with Crippen molar-refractivity contribution in [1.82, 2.24) is 14.8 Å². The van der Waals surface area contributed by atoms with Crippen LogP contribution in [0.4, 0.5) is 0 Å². The zero-order valence-corrected chi connectivity index (χ0v) is 11.9. The lowest BCUT2D eigenvalue weighted by Crippen LogP contribution is -1.92. The van der Waals surface area contributed by atoms with Crippen LogP contribution >= 0.6 is 34.5 Å². The summed E-state index contributed by atoms with van der Waals surface area (Å²) in [6, 6.07) is 0. The molecule has 0 aliphatic carbocycles. The highest BCUT2D eigenvalue weighted by Gasteiger charge is 2.15. The van der Waals surface area contributed by atoms with Crippen molar-refractivity contribution >= 4 is 34.5 Å². The van der Waals surface area contributed by atoms with E-state index < -0.39 is 0 Å². The Kier molecular flexibility index (Phi) is 3.61. The van der Waals surface area contributed by atoms with Gasteiger partial charge in [0, 0.05) is 7.05 Å². The smallest absolute Gasteiger partial charge is 0.280 e. The highest BCUT2D eigenvalue weighted by molar-refractivity contribution is 7.14. The van der Waals surface area contributed by atoms with Crippen molar-refractivity contribution in [3.63, 3.8) is 0 Å². The highest BCUT2D eigenvalue weighted by Crippen LogP contribution is 2.35. The Morgan fingerprint density at radius 3 is 2.59 bits per heavy atom. The van der Waals surface area contributed by atoms with Crippen LogP contribution in [0.5, 0.6) is 10.9 Å². The molecule has 2 heterocycles. The number of halogens is 2. The first-order valence-corrected chi connectivity index (χ1v) is 6.65. The summed E-state index contributed by atoms with van der Waals surface area (Å²) in [4.78, 5) is 4.92. The standard InChI is InChI=1S/C10H11Cl2N3OS/c1-5-8(6(2)15(3)14-5)16-10-13-9(12)7(4-11)17-10/h4H2,1-3H3. The molecule has 92 valence electrons. The molecule has 0 amide bonds. The molecule has 0 saturated carbocycles. The van der Waals surface area contributed by atoms with Gasteiger partial charge in [0.2, 0.25) is 0 Å². The van der Waals surface area contributed by atoms with Gasteiger partial charge in [-0.25, -0.2) is 0 Å². The molecule has 0 saturated heterocycles. The van der Waals surface area contributed by atoms with Gasteiger partial charge in [-0.3, -0.25) is 4.68 Å². The molecule has 0 atom stereocenters. The summed E-state index contributed by atoms with van der Waals surface area (Å²) in [6.45, 7) is 3.83. The van der Waals surface area contributed by atoms with Crippen LogP contribution in [-0.4, -0.2) is 14.8 Å². The molecule has 0 unspecified atom stereocenters. The van der Waals surface area contributed by atoms with Gasteiger partial charge in [0.15, 0.2) is 5.75 Å². The number of hydrogen-bond donors (Lipinski definition) is 0. The van der Waals surface area contributed by atoms with Crippen molar-refractivity contribution in [2.45, 2.75) is 19.7 Å². The summed E-state index contributed by atoms with van der Waals surface area (Å²) in [5, 5.41) is 5.16. The first kappa shape index (κ1) is 12.7. The van der Waals surface area contributed by atoms with Crippen LogP contribution in [-0.2, 0) is 12.9 Å². The fraction of sp³-hybridized carbons (Fsp3) is 0.400. The second kappa shape index (κ2) is 4.84. The van der Waals surface area contributed by atoms with E-state index in [2.05, 4.69) is 10.1 Å². The highest BCUT2D eigenvalue weighted by atomic mass is 35.5. The minimum atomic E-state index is 0.338. The van der Waals surface area contributed by atoms with E-state index in [-0.39, 0.29) is 0 Å². The third kappa shape index (κ3) is 2.41. The average molecular weight is 292 g/mol. The van der Waals surface area contributed by atoms with Crippen molar-refractivity contribution < 1.29 is 4.74 Å². The Balaban J connectivity index is 2.31. The second-order valence-electron chi connectivity index (χ2n) is 3.55. The van der Waals surface area contributed by atoms with Crippen LogP contribution in [0, 0.1) is 13.8 Å². The monoisotopic (exact) mass is 291 g/mol. The van der Waals surface area contributed by atoms with E-state index in [1.54, 1.807) is 4.68 Å². The topological polar surface area (TPSA) is 39.9 Å². The first-order chi connectivity index (χ1) is 8.02. The third-order valence-electron chi connectivity index (χ3n) is 2.38. The number of alkyl halides is 1. The molecular weight excluding hydrogens is 281 g/mol. The van der Waals surface area contributed by atoms with Gasteiger partial charge in [-0.15, -0.1) is 11.6 Å². The fourth-order valence-corrected chi connectivity index (χ4v) is 2.75. The average Bonchev–Trinajstić information content (AvgIpc) is 2.74. The van der Waals surface area contributed by atoms with E-state index in [0.717, 1.165) is 22.0 Å². The van der Waals surface area contributed by atoms with Crippen molar-refractivity contribution in [3.8, 4) is 10.9 Å². The van der Waals surface area contributed by atoms with Crippen LogP contribution in [0.1, 0.15) is 16.3 Å². The number of rotatable bonds is 3. The molecule has 4 nitrogen and oxygen atoms in total. The molecule has 17 heavy (non-hydrogen) atoms. The van der Waals surface area contributed by atoms with E-state index in [4.69, 9.17) is 27.9 Å². The molecule has 0 aliphatic rings. The van der Waals surface area contributed by atoms with Crippen LogP contribution in [0.3, 0.4) is 0 Å². The zero-order valence-electron chi connectivity index (χ0n) is 9.62. The van der Waals surface area contributed by atoms with E-state index >= 15 is 0 Å². The fourth-order valence-electron chi connectivity index (χ4n) is 1.43. The van der Waals surface area contributed by atoms with Crippen molar-refractivity contribution in [2.75, 3.05) is 0 Å². The van der Waals surface area contributed by atoms with Gasteiger partial charge >= 0.3 is 0 Å². The van der Waals surface area contributed by atoms with Gasteiger partial charge in [-0.05, 0) is 13.8 Å².